The van der Waals surface area contributed by atoms with Gasteiger partial charge in [0.05, 0.1) is 0 Å². The first kappa shape index (κ1) is 14.4. The Morgan fingerprint density at radius 3 is 2.65 bits per heavy atom. The standard InChI is InChI=1S/C18H22N4O/c23-18(14-8-4-5-9-14)19-15-10-11-16-20-21-17(22(16)12-15)13-6-2-1-3-7-13/h1-3,6-7,14-15H,4-5,8-12H2,(H,19,23)/t15-/m0/s1. The fourth-order valence-corrected chi connectivity index (χ4v) is 3.75. The minimum atomic E-state index is 0.189. The van der Waals surface area contributed by atoms with Gasteiger partial charge in [-0.2, -0.15) is 0 Å². The highest BCUT2D eigenvalue weighted by molar-refractivity contribution is 5.79. The Hall–Kier alpha value is -2.17. The Balaban J connectivity index is 1.50. The van der Waals surface area contributed by atoms with Gasteiger partial charge in [-0.1, -0.05) is 43.2 Å². The van der Waals surface area contributed by atoms with Gasteiger partial charge in [0.1, 0.15) is 5.82 Å². The van der Waals surface area contributed by atoms with E-state index in [4.69, 9.17) is 0 Å². The van der Waals surface area contributed by atoms with Crippen molar-refractivity contribution < 1.29 is 4.79 Å². The zero-order valence-electron chi connectivity index (χ0n) is 13.2. The first-order chi connectivity index (χ1) is 11.3. The van der Waals surface area contributed by atoms with Crippen molar-refractivity contribution >= 4 is 5.91 Å². The van der Waals surface area contributed by atoms with Crippen molar-refractivity contribution in [2.24, 2.45) is 5.92 Å². The van der Waals surface area contributed by atoms with Crippen molar-refractivity contribution in [2.75, 3.05) is 0 Å². The zero-order valence-corrected chi connectivity index (χ0v) is 13.2. The molecule has 1 atom stereocenters. The second kappa shape index (κ2) is 6.14. The van der Waals surface area contributed by atoms with Crippen LogP contribution in [0.25, 0.3) is 11.4 Å². The lowest BCUT2D eigenvalue weighted by Crippen LogP contribution is -2.43. The molecule has 0 bridgehead atoms. The van der Waals surface area contributed by atoms with Gasteiger partial charge in [0.15, 0.2) is 5.82 Å². The lowest BCUT2D eigenvalue weighted by Gasteiger charge is -2.26. The predicted octanol–water partition coefficient (Wildman–Crippen LogP) is 2.57. The van der Waals surface area contributed by atoms with Crippen molar-refractivity contribution in [1.29, 1.82) is 0 Å². The van der Waals surface area contributed by atoms with Crippen molar-refractivity contribution in [3.63, 3.8) is 0 Å². The van der Waals surface area contributed by atoms with Gasteiger partial charge in [0, 0.05) is 30.5 Å². The molecule has 4 rings (SSSR count). The molecule has 1 aliphatic heterocycles. The number of nitrogens with one attached hydrogen (secondary N) is 1. The molecule has 1 amide bonds. The van der Waals surface area contributed by atoms with Gasteiger partial charge < -0.3 is 9.88 Å². The second-order valence-electron chi connectivity index (χ2n) is 6.64. The molecule has 0 spiro atoms. The molecule has 0 saturated heterocycles. The first-order valence-corrected chi connectivity index (χ1v) is 8.59. The molecule has 5 heteroatoms. The van der Waals surface area contributed by atoms with Crippen LogP contribution in [0.4, 0.5) is 0 Å². The monoisotopic (exact) mass is 310 g/mol. The molecule has 2 aliphatic rings. The molecule has 5 nitrogen and oxygen atoms in total. The third-order valence-electron chi connectivity index (χ3n) is 5.05. The summed E-state index contributed by atoms with van der Waals surface area (Å²) in [5.74, 6) is 2.40. The van der Waals surface area contributed by atoms with Crippen LogP contribution in [0.5, 0.6) is 0 Å². The largest absolute Gasteiger partial charge is 0.351 e. The van der Waals surface area contributed by atoms with E-state index >= 15 is 0 Å². The van der Waals surface area contributed by atoms with Crippen molar-refractivity contribution in [1.82, 2.24) is 20.1 Å². The Morgan fingerprint density at radius 1 is 1.09 bits per heavy atom. The number of aryl methyl sites for hydroxylation is 1. The van der Waals surface area contributed by atoms with E-state index in [0.29, 0.717) is 0 Å². The molecule has 120 valence electrons. The summed E-state index contributed by atoms with van der Waals surface area (Å²) < 4.78 is 2.17. The van der Waals surface area contributed by atoms with Crippen LogP contribution in [-0.2, 0) is 17.8 Å². The first-order valence-electron chi connectivity index (χ1n) is 8.59. The average molecular weight is 310 g/mol. The molecule has 0 radical (unpaired) electrons. The number of hydrogen-bond donors (Lipinski definition) is 1. The molecule has 2 aromatic rings. The van der Waals surface area contributed by atoms with Gasteiger partial charge in [0.2, 0.25) is 5.91 Å². The van der Waals surface area contributed by atoms with Crippen LogP contribution in [0.3, 0.4) is 0 Å². The molecule has 1 fully saturated rings. The molecule has 2 heterocycles. The van der Waals surface area contributed by atoms with Gasteiger partial charge in [-0.15, -0.1) is 10.2 Å². The van der Waals surface area contributed by atoms with Crippen molar-refractivity contribution in [3.8, 4) is 11.4 Å². The number of carbonyl (C=O) groups is 1. The number of benzene rings is 1. The number of amides is 1. The molecular formula is C18H22N4O. The van der Waals surface area contributed by atoms with Crippen LogP contribution in [-0.4, -0.2) is 26.7 Å². The van der Waals surface area contributed by atoms with Gasteiger partial charge in [-0.25, -0.2) is 0 Å². The second-order valence-corrected chi connectivity index (χ2v) is 6.64. The SMILES string of the molecule is O=C(N[C@H]1CCc2nnc(-c3ccccc3)n2C1)C1CCCC1. The molecule has 1 N–H and O–H groups in total. The van der Waals surface area contributed by atoms with E-state index in [1.54, 1.807) is 0 Å². The van der Waals surface area contributed by atoms with Crippen LogP contribution in [0.15, 0.2) is 30.3 Å². The van der Waals surface area contributed by atoms with Crippen LogP contribution in [0.1, 0.15) is 37.9 Å². The summed E-state index contributed by atoms with van der Waals surface area (Å²) in [6.07, 6.45) is 6.30. The topological polar surface area (TPSA) is 59.8 Å². The Morgan fingerprint density at radius 2 is 1.87 bits per heavy atom. The summed E-state index contributed by atoms with van der Waals surface area (Å²) in [4.78, 5) is 12.4. The third-order valence-corrected chi connectivity index (χ3v) is 5.05. The molecule has 1 aromatic carbocycles. The Labute approximate surface area is 136 Å². The van der Waals surface area contributed by atoms with Gasteiger partial charge in [-0.05, 0) is 19.3 Å². The number of rotatable bonds is 3. The van der Waals surface area contributed by atoms with E-state index in [2.05, 4.69) is 32.2 Å². The number of hydrogen-bond acceptors (Lipinski definition) is 3. The summed E-state index contributed by atoms with van der Waals surface area (Å²) in [6.45, 7) is 0.769. The van der Waals surface area contributed by atoms with Crippen LogP contribution in [0, 0.1) is 5.92 Å². The number of aromatic nitrogens is 3. The molecule has 1 aromatic heterocycles. The maximum atomic E-state index is 12.4. The van der Waals surface area contributed by atoms with Crippen LogP contribution >= 0.6 is 0 Å². The van der Waals surface area contributed by atoms with Gasteiger partial charge in [-0.3, -0.25) is 4.79 Å². The van der Waals surface area contributed by atoms with E-state index in [1.165, 1.54) is 12.8 Å². The third kappa shape index (κ3) is 2.87. The van der Waals surface area contributed by atoms with Crippen molar-refractivity contribution in [2.45, 2.75) is 51.1 Å². The fraction of sp³-hybridized carbons (Fsp3) is 0.500. The quantitative estimate of drug-likeness (QED) is 0.948. The van der Waals surface area contributed by atoms with Crippen molar-refractivity contribution in [3.05, 3.63) is 36.2 Å². The highest BCUT2D eigenvalue weighted by atomic mass is 16.1. The van der Waals surface area contributed by atoms with Crippen LogP contribution < -0.4 is 5.32 Å². The summed E-state index contributed by atoms with van der Waals surface area (Å²) in [7, 11) is 0. The molecular weight excluding hydrogens is 288 g/mol. The highest BCUT2D eigenvalue weighted by Crippen LogP contribution is 2.26. The van der Waals surface area contributed by atoms with E-state index in [9.17, 15) is 4.79 Å². The summed E-state index contributed by atoms with van der Waals surface area (Å²) >= 11 is 0. The maximum Gasteiger partial charge on any atom is 0.223 e. The summed E-state index contributed by atoms with van der Waals surface area (Å²) in [5.41, 5.74) is 1.08. The highest BCUT2D eigenvalue weighted by Gasteiger charge is 2.28. The smallest absolute Gasteiger partial charge is 0.223 e. The van der Waals surface area contributed by atoms with Crippen LogP contribution in [0.2, 0.25) is 0 Å². The zero-order chi connectivity index (χ0) is 15.6. The van der Waals surface area contributed by atoms with E-state index in [0.717, 1.165) is 49.4 Å². The van der Waals surface area contributed by atoms with E-state index in [1.807, 2.05) is 18.2 Å². The fourth-order valence-electron chi connectivity index (χ4n) is 3.75. The Bertz CT molecular complexity index is 688. The van der Waals surface area contributed by atoms with Gasteiger partial charge in [0.25, 0.3) is 0 Å². The lowest BCUT2D eigenvalue weighted by atomic mass is 10.0. The molecule has 23 heavy (non-hydrogen) atoms. The summed E-state index contributed by atoms with van der Waals surface area (Å²) in [5, 5.41) is 11.9. The minimum absolute atomic E-state index is 0.189. The average Bonchev–Trinajstić information content (AvgIpc) is 3.25. The maximum absolute atomic E-state index is 12.4. The number of nitrogens with zero attached hydrogens (tertiary/aromatic N) is 3. The molecule has 1 aliphatic carbocycles. The van der Waals surface area contributed by atoms with E-state index < -0.39 is 0 Å². The number of fused-ring (bicyclic) bond motifs is 1. The Kier molecular flexibility index (Phi) is 3.85. The van der Waals surface area contributed by atoms with E-state index in [-0.39, 0.29) is 17.9 Å². The predicted molar refractivity (Wildman–Crippen MR) is 87.7 cm³/mol. The molecule has 0 unspecified atom stereocenters. The number of carbonyl (C=O) groups excluding carboxylic acids is 1. The minimum Gasteiger partial charge on any atom is -0.351 e. The lowest BCUT2D eigenvalue weighted by molar-refractivity contribution is -0.125. The molecule has 1 saturated carbocycles. The normalized spacial score (nSPS) is 21.1. The summed E-state index contributed by atoms with van der Waals surface area (Å²) in [6, 6.07) is 10.3. The van der Waals surface area contributed by atoms with Gasteiger partial charge >= 0.3 is 0 Å².